The predicted molar refractivity (Wildman–Crippen MR) is 73.4 cm³/mol. The molecule has 100 valence electrons. The third-order valence-corrected chi connectivity index (χ3v) is 3.13. The van der Waals surface area contributed by atoms with Crippen LogP contribution in [0.15, 0.2) is 24.3 Å². The van der Waals surface area contributed by atoms with Crippen molar-refractivity contribution in [1.82, 2.24) is 0 Å². The molecular formula is C14H13ClO4. The molecule has 5 heteroatoms. The van der Waals surface area contributed by atoms with Gasteiger partial charge in [-0.2, -0.15) is 0 Å². The van der Waals surface area contributed by atoms with Gasteiger partial charge in [-0.3, -0.25) is 0 Å². The van der Waals surface area contributed by atoms with Crippen LogP contribution in [0.3, 0.4) is 0 Å². The number of carbonyl (C=O) groups excluding carboxylic acids is 1. The number of hydrogen-bond acceptors (Lipinski definition) is 4. The van der Waals surface area contributed by atoms with E-state index in [1.165, 1.54) is 14.2 Å². The number of hydrogen-bond donors (Lipinski definition) is 0. The van der Waals surface area contributed by atoms with E-state index < -0.39 is 5.97 Å². The van der Waals surface area contributed by atoms with Crippen LogP contribution < -0.4 is 9.47 Å². The van der Waals surface area contributed by atoms with Gasteiger partial charge < -0.3 is 14.2 Å². The smallest absolute Gasteiger partial charge is 0.341 e. The molecule has 0 saturated carbocycles. The van der Waals surface area contributed by atoms with E-state index >= 15 is 0 Å². The number of rotatable bonds is 3. The Labute approximate surface area is 115 Å². The first-order valence-electron chi connectivity index (χ1n) is 5.54. The molecule has 0 spiro atoms. The van der Waals surface area contributed by atoms with Crippen LogP contribution in [0.1, 0.15) is 10.4 Å². The van der Waals surface area contributed by atoms with Crippen molar-refractivity contribution in [3.05, 3.63) is 34.9 Å². The zero-order valence-corrected chi connectivity index (χ0v) is 11.6. The van der Waals surface area contributed by atoms with Crippen molar-refractivity contribution in [2.24, 2.45) is 0 Å². The Morgan fingerprint density at radius 3 is 2.11 bits per heavy atom. The Balaban J connectivity index is 2.70. The highest BCUT2D eigenvalue weighted by molar-refractivity contribution is 6.33. The topological polar surface area (TPSA) is 44.8 Å². The van der Waals surface area contributed by atoms with Crippen LogP contribution in [-0.4, -0.2) is 27.3 Å². The van der Waals surface area contributed by atoms with Crippen LogP contribution >= 0.6 is 11.6 Å². The molecule has 0 aliphatic heterocycles. The zero-order chi connectivity index (χ0) is 14.0. The summed E-state index contributed by atoms with van der Waals surface area (Å²) in [7, 11) is 4.38. The summed E-state index contributed by atoms with van der Waals surface area (Å²) in [5.74, 6) is 0.566. The maximum absolute atomic E-state index is 11.7. The van der Waals surface area contributed by atoms with E-state index in [2.05, 4.69) is 0 Å². The summed E-state index contributed by atoms with van der Waals surface area (Å²) in [6.45, 7) is 0. The highest BCUT2D eigenvalue weighted by atomic mass is 35.5. The van der Waals surface area contributed by atoms with Crippen molar-refractivity contribution >= 4 is 28.3 Å². The maximum atomic E-state index is 11.7. The van der Waals surface area contributed by atoms with E-state index in [-0.39, 0.29) is 0 Å². The molecule has 0 radical (unpaired) electrons. The SMILES string of the molecule is COC(=O)c1cc2cc(Cl)c(OC)cc2cc1OC. The van der Waals surface area contributed by atoms with Gasteiger partial charge in [-0.25, -0.2) is 4.79 Å². The molecule has 0 bridgehead atoms. The van der Waals surface area contributed by atoms with E-state index in [0.717, 1.165) is 10.8 Å². The predicted octanol–water partition coefficient (Wildman–Crippen LogP) is 3.30. The van der Waals surface area contributed by atoms with Crippen molar-refractivity contribution in [2.45, 2.75) is 0 Å². The summed E-state index contributed by atoms with van der Waals surface area (Å²) in [4.78, 5) is 11.7. The van der Waals surface area contributed by atoms with Gasteiger partial charge in [0.25, 0.3) is 0 Å². The minimum absolute atomic E-state index is 0.360. The molecule has 0 atom stereocenters. The molecule has 0 N–H and O–H groups in total. The molecule has 19 heavy (non-hydrogen) atoms. The molecule has 2 aromatic rings. The Kier molecular flexibility index (Phi) is 3.81. The van der Waals surface area contributed by atoms with Gasteiger partial charge >= 0.3 is 5.97 Å². The second-order valence-electron chi connectivity index (χ2n) is 3.88. The number of fused-ring (bicyclic) bond motifs is 1. The first-order valence-corrected chi connectivity index (χ1v) is 5.92. The molecule has 4 nitrogen and oxygen atoms in total. The molecule has 0 aliphatic rings. The van der Waals surface area contributed by atoms with E-state index in [4.69, 9.17) is 25.8 Å². The lowest BCUT2D eigenvalue weighted by molar-refractivity contribution is 0.0597. The summed E-state index contributed by atoms with van der Waals surface area (Å²) in [5, 5.41) is 2.16. The number of ether oxygens (including phenoxy) is 3. The van der Waals surface area contributed by atoms with Crippen molar-refractivity contribution < 1.29 is 19.0 Å². The highest BCUT2D eigenvalue weighted by Crippen LogP contribution is 2.33. The minimum Gasteiger partial charge on any atom is -0.496 e. The van der Waals surface area contributed by atoms with E-state index in [1.54, 1.807) is 31.4 Å². The summed E-state index contributed by atoms with van der Waals surface area (Å²) < 4.78 is 15.1. The fourth-order valence-electron chi connectivity index (χ4n) is 1.87. The van der Waals surface area contributed by atoms with E-state index in [1.807, 2.05) is 0 Å². The fourth-order valence-corrected chi connectivity index (χ4v) is 2.12. The summed E-state index contributed by atoms with van der Waals surface area (Å²) in [6, 6.07) is 6.97. The van der Waals surface area contributed by atoms with Gasteiger partial charge in [0.15, 0.2) is 0 Å². The Hall–Kier alpha value is -1.94. The highest BCUT2D eigenvalue weighted by Gasteiger charge is 2.15. The first kappa shape index (κ1) is 13.5. The molecule has 0 amide bonds. The maximum Gasteiger partial charge on any atom is 0.341 e. The quantitative estimate of drug-likeness (QED) is 0.809. The summed E-state index contributed by atoms with van der Waals surface area (Å²) in [5.41, 5.74) is 0.360. The van der Waals surface area contributed by atoms with Crippen LogP contribution in [0.25, 0.3) is 10.8 Å². The molecule has 0 aromatic heterocycles. The molecule has 0 heterocycles. The van der Waals surface area contributed by atoms with Crippen LogP contribution in [0.2, 0.25) is 5.02 Å². The summed E-state index contributed by atoms with van der Waals surface area (Å²) >= 11 is 6.07. The van der Waals surface area contributed by atoms with E-state index in [0.29, 0.717) is 22.1 Å². The molecule has 2 rings (SSSR count). The van der Waals surface area contributed by atoms with Crippen LogP contribution in [0.4, 0.5) is 0 Å². The van der Waals surface area contributed by atoms with Crippen molar-refractivity contribution in [1.29, 1.82) is 0 Å². The number of esters is 1. The van der Waals surface area contributed by atoms with Gasteiger partial charge in [0, 0.05) is 0 Å². The summed E-state index contributed by atoms with van der Waals surface area (Å²) in [6.07, 6.45) is 0. The second kappa shape index (κ2) is 5.36. The number of carbonyl (C=O) groups is 1. The number of benzene rings is 2. The second-order valence-corrected chi connectivity index (χ2v) is 4.29. The van der Waals surface area contributed by atoms with Gasteiger partial charge in [-0.05, 0) is 35.0 Å². The van der Waals surface area contributed by atoms with Gasteiger partial charge in [0.2, 0.25) is 0 Å². The van der Waals surface area contributed by atoms with Gasteiger partial charge in [0.1, 0.15) is 17.1 Å². The molecule has 0 fully saturated rings. The van der Waals surface area contributed by atoms with Crippen molar-refractivity contribution in [3.8, 4) is 11.5 Å². The van der Waals surface area contributed by atoms with Crippen molar-refractivity contribution in [2.75, 3.05) is 21.3 Å². The lowest BCUT2D eigenvalue weighted by Crippen LogP contribution is -2.04. The van der Waals surface area contributed by atoms with Gasteiger partial charge in [-0.1, -0.05) is 11.6 Å². The number of methoxy groups -OCH3 is 3. The van der Waals surface area contributed by atoms with Gasteiger partial charge in [0.05, 0.1) is 26.4 Å². The normalized spacial score (nSPS) is 10.3. The first-order chi connectivity index (χ1) is 9.10. The zero-order valence-electron chi connectivity index (χ0n) is 10.8. The molecule has 0 saturated heterocycles. The molecule has 0 aliphatic carbocycles. The number of halogens is 1. The fraction of sp³-hybridized carbons (Fsp3) is 0.214. The third kappa shape index (κ3) is 2.44. The lowest BCUT2D eigenvalue weighted by Gasteiger charge is -2.10. The van der Waals surface area contributed by atoms with Crippen LogP contribution in [-0.2, 0) is 4.74 Å². The third-order valence-electron chi connectivity index (χ3n) is 2.83. The Morgan fingerprint density at radius 2 is 1.53 bits per heavy atom. The standard InChI is InChI=1S/C14H13ClO4/c1-17-12-6-9-7-13(18-2)11(15)5-8(9)4-10(12)14(16)19-3/h4-7H,1-3H3. The molecule has 2 aromatic carbocycles. The lowest BCUT2D eigenvalue weighted by atomic mass is 10.1. The van der Waals surface area contributed by atoms with Crippen molar-refractivity contribution in [3.63, 3.8) is 0 Å². The average Bonchev–Trinajstić information content (AvgIpc) is 2.44. The molecular weight excluding hydrogens is 268 g/mol. The monoisotopic (exact) mass is 280 g/mol. The van der Waals surface area contributed by atoms with Crippen LogP contribution in [0, 0.1) is 0 Å². The molecule has 0 unspecified atom stereocenters. The largest absolute Gasteiger partial charge is 0.496 e. The Bertz CT molecular complexity index is 637. The Morgan fingerprint density at radius 1 is 0.947 bits per heavy atom. The average molecular weight is 281 g/mol. The van der Waals surface area contributed by atoms with Crippen LogP contribution in [0.5, 0.6) is 11.5 Å². The van der Waals surface area contributed by atoms with E-state index in [9.17, 15) is 4.79 Å². The van der Waals surface area contributed by atoms with Gasteiger partial charge in [-0.15, -0.1) is 0 Å². The minimum atomic E-state index is -0.453.